The molecule has 1 atom stereocenters. The van der Waals surface area contributed by atoms with Crippen LogP contribution in [0, 0.1) is 0 Å². The van der Waals surface area contributed by atoms with Gasteiger partial charge in [0.25, 0.3) is 0 Å². The van der Waals surface area contributed by atoms with Gasteiger partial charge in [-0.05, 0) is 85.8 Å². The van der Waals surface area contributed by atoms with Gasteiger partial charge < -0.3 is 4.42 Å². The molecule has 2 aliphatic rings. The SMILES string of the molecule is Clc1c(CC(c2ccccc2)c2ccc3oc4ccccc4c3c2)ccc2c1C1(c3ccccc3-c3ccccc31)c1ccccc1-2. The maximum Gasteiger partial charge on any atom is 0.135 e. The highest BCUT2D eigenvalue weighted by Gasteiger charge is 2.52. The van der Waals surface area contributed by atoms with Crippen LogP contribution >= 0.6 is 11.6 Å². The highest BCUT2D eigenvalue weighted by molar-refractivity contribution is 6.33. The zero-order valence-corrected chi connectivity index (χ0v) is 26.3. The second-order valence-electron chi connectivity index (χ2n) is 12.9. The van der Waals surface area contributed by atoms with E-state index in [0.717, 1.165) is 38.9 Å². The van der Waals surface area contributed by atoms with Gasteiger partial charge in [-0.1, -0.05) is 151 Å². The number of benzene rings is 7. The van der Waals surface area contributed by atoms with Crippen molar-refractivity contribution in [1.29, 1.82) is 0 Å². The number of para-hydroxylation sites is 1. The van der Waals surface area contributed by atoms with Gasteiger partial charge in [-0.25, -0.2) is 0 Å². The standard InChI is InChI=1S/C45H29ClO/c46-44-30(27-36(28-12-2-1-3-13-28)29-23-25-42-37(26-29)34-17-7-11-21-41(34)47-42)22-24-35-33-16-6-10-20-40(33)45(43(35)44)38-18-8-4-14-31(38)32-15-5-9-19-39(32)45/h1-26,36H,27H2. The van der Waals surface area contributed by atoms with Crippen LogP contribution < -0.4 is 0 Å². The van der Waals surface area contributed by atoms with Crippen LogP contribution in [0.15, 0.2) is 162 Å². The van der Waals surface area contributed by atoms with Crippen molar-refractivity contribution in [3.63, 3.8) is 0 Å². The smallest absolute Gasteiger partial charge is 0.135 e. The lowest BCUT2D eigenvalue weighted by Crippen LogP contribution is -2.26. The Morgan fingerprint density at radius 2 is 1.06 bits per heavy atom. The van der Waals surface area contributed by atoms with Crippen LogP contribution in [-0.4, -0.2) is 0 Å². The van der Waals surface area contributed by atoms with Crippen LogP contribution in [0.4, 0.5) is 0 Å². The van der Waals surface area contributed by atoms with Crippen LogP contribution in [0.1, 0.15) is 44.9 Å². The van der Waals surface area contributed by atoms with E-state index in [9.17, 15) is 0 Å². The molecule has 1 aromatic heterocycles. The first-order valence-corrected chi connectivity index (χ1v) is 16.7. The fourth-order valence-corrected chi connectivity index (χ4v) is 9.02. The quantitative estimate of drug-likeness (QED) is 0.191. The van der Waals surface area contributed by atoms with Crippen molar-refractivity contribution >= 4 is 33.5 Å². The van der Waals surface area contributed by atoms with Gasteiger partial charge in [-0.15, -0.1) is 0 Å². The summed E-state index contributed by atoms with van der Waals surface area (Å²) in [4.78, 5) is 0. The minimum absolute atomic E-state index is 0.104. The molecule has 1 spiro atoms. The van der Waals surface area contributed by atoms with Crippen LogP contribution in [0.5, 0.6) is 0 Å². The first kappa shape index (κ1) is 26.8. The number of fused-ring (bicyclic) bond motifs is 13. The van der Waals surface area contributed by atoms with Gasteiger partial charge in [0.2, 0.25) is 0 Å². The second kappa shape index (κ2) is 10.1. The minimum Gasteiger partial charge on any atom is -0.456 e. The van der Waals surface area contributed by atoms with Gasteiger partial charge in [0.05, 0.1) is 5.41 Å². The summed E-state index contributed by atoms with van der Waals surface area (Å²) in [5.41, 5.74) is 15.2. The Morgan fingerprint density at radius 3 is 1.77 bits per heavy atom. The van der Waals surface area contributed by atoms with Crippen LogP contribution in [0.3, 0.4) is 0 Å². The normalized spacial score (nSPS) is 14.2. The fourth-order valence-electron chi connectivity index (χ4n) is 8.64. The molecule has 222 valence electrons. The Labute approximate surface area is 278 Å². The molecule has 0 amide bonds. The molecule has 0 aliphatic heterocycles. The number of rotatable bonds is 4. The number of hydrogen-bond acceptors (Lipinski definition) is 1. The highest BCUT2D eigenvalue weighted by Crippen LogP contribution is 2.64. The van der Waals surface area contributed by atoms with Crippen molar-refractivity contribution in [2.24, 2.45) is 0 Å². The largest absolute Gasteiger partial charge is 0.456 e. The molecule has 0 N–H and O–H groups in total. The molecule has 0 saturated carbocycles. The van der Waals surface area contributed by atoms with Crippen molar-refractivity contribution in [2.45, 2.75) is 17.8 Å². The van der Waals surface area contributed by atoms with Crippen LogP contribution in [0.25, 0.3) is 44.2 Å². The molecule has 0 radical (unpaired) electrons. The average Bonchev–Trinajstić information content (AvgIpc) is 3.76. The Hall–Kier alpha value is -5.37. The molecule has 7 aromatic carbocycles. The lowest BCUT2D eigenvalue weighted by Gasteiger charge is -2.32. The lowest BCUT2D eigenvalue weighted by atomic mass is 9.70. The first-order valence-electron chi connectivity index (χ1n) is 16.3. The Bertz CT molecular complexity index is 2460. The van der Waals surface area contributed by atoms with E-state index < -0.39 is 5.41 Å². The molecule has 0 bridgehead atoms. The molecule has 1 unspecified atom stereocenters. The zero-order valence-electron chi connectivity index (χ0n) is 25.6. The summed E-state index contributed by atoms with van der Waals surface area (Å²) in [6.45, 7) is 0. The van der Waals surface area contributed by atoms with E-state index in [4.69, 9.17) is 16.0 Å². The number of hydrogen-bond donors (Lipinski definition) is 0. The lowest BCUT2D eigenvalue weighted by molar-refractivity contribution is 0.668. The van der Waals surface area contributed by atoms with E-state index in [1.807, 2.05) is 12.1 Å². The monoisotopic (exact) mass is 620 g/mol. The van der Waals surface area contributed by atoms with Gasteiger partial charge in [0.15, 0.2) is 0 Å². The molecule has 0 saturated heterocycles. The van der Waals surface area contributed by atoms with Crippen LogP contribution in [0.2, 0.25) is 5.02 Å². The maximum atomic E-state index is 7.81. The summed E-state index contributed by atoms with van der Waals surface area (Å²) < 4.78 is 6.20. The third kappa shape index (κ3) is 3.66. The van der Waals surface area contributed by atoms with Crippen molar-refractivity contribution in [1.82, 2.24) is 0 Å². The molecule has 1 nitrogen and oxygen atoms in total. The Balaban J connectivity index is 1.19. The molecule has 0 fully saturated rings. The predicted octanol–water partition coefficient (Wildman–Crippen LogP) is 12.0. The molecule has 47 heavy (non-hydrogen) atoms. The average molecular weight is 621 g/mol. The summed E-state index contributed by atoms with van der Waals surface area (Å²) in [6.07, 6.45) is 0.771. The number of halogens is 1. The summed E-state index contributed by atoms with van der Waals surface area (Å²) in [5.74, 6) is 0.104. The van der Waals surface area contributed by atoms with E-state index in [-0.39, 0.29) is 5.92 Å². The van der Waals surface area contributed by atoms with Crippen molar-refractivity contribution in [3.8, 4) is 22.3 Å². The van der Waals surface area contributed by atoms with Crippen LogP contribution in [-0.2, 0) is 11.8 Å². The van der Waals surface area contributed by atoms with Gasteiger partial charge in [0, 0.05) is 21.7 Å². The molecular formula is C45H29ClO. The van der Waals surface area contributed by atoms with E-state index in [2.05, 4.69) is 146 Å². The first-order chi connectivity index (χ1) is 23.2. The summed E-state index contributed by atoms with van der Waals surface area (Å²) >= 11 is 7.81. The summed E-state index contributed by atoms with van der Waals surface area (Å²) in [7, 11) is 0. The molecule has 1 heterocycles. The molecule has 2 heteroatoms. The summed E-state index contributed by atoms with van der Waals surface area (Å²) in [5, 5.41) is 3.15. The van der Waals surface area contributed by atoms with Gasteiger partial charge in [-0.3, -0.25) is 0 Å². The van der Waals surface area contributed by atoms with Crippen molar-refractivity contribution in [3.05, 3.63) is 202 Å². The zero-order chi connectivity index (χ0) is 31.1. The molecular weight excluding hydrogens is 592 g/mol. The van der Waals surface area contributed by atoms with E-state index in [1.165, 1.54) is 55.6 Å². The summed E-state index contributed by atoms with van der Waals surface area (Å²) in [6, 6.07) is 57.1. The Kier molecular flexibility index (Phi) is 5.74. The highest BCUT2D eigenvalue weighted by atomic mass is 35.5. The Morgan fingerprint density at radius 1 is 0.489 bits per heavy atom. The van der Waals surface area contributed by atoms with Gasteiger partial charge in [-0.2, -0.15) is 0 Å². The molecule has 2 aliphatic carbocycles. The van der Waals surface area contributed by atoms with Gasteiger partial charge >= 0.3 is 0 Å². The predicted molar refractivity (Wildman–Crippen MR) is 193 cm³/mol. The maximum absolute atomic E-state index is 7.81. The third-order valence-corrected chi connectivity index (χ3v) is 11.0. The van der Waals surface area contributed by atoms with Gasteiger partial charge in [0.1, 0.15) is 11.2 Å². The van der Waals surface area contributed by atoms with E-state index in [1.54, 1.807) is 0 Å². The topological polar surface area (TPSA) is 13.1 Å². The number of furan rings is 1. The fraction of sp³-hybridized carbons (Fsp3) is 0.0667. The minimum atomic E-state index is -0.469. The second-order valence-corrected chi connectivity index (χ2v) is 13.2. The molecule has 8 aromatic rings. The van der Waals surface area contributed by atoms with Crippen molar-refractivity contribution in [2.75, 3.05) is 0 Å². The van der Waals surface area contributed by atoms with Crippen molar-refractivity contribution < 1.29 is 4.42 Å². The van der Waals surface area contributed by atoms with E-state index >= 15 is 0 Å². The van der Waals surface area contributed by atoms with E-state index in [0.29, 0.717) is 0 Å². The molecule has 10 rings (SSSR count). The third-order valence-electron chi connectivity index (χ3n) is 10.6.